The zero-order chi connectivity index (χ0) is 15.1. The minimum atomic E-state index is 0.742. The molecular formula is C17H13BrClN3. The summed E-state index contributed by atoms with van der Waals surface area (Å²) in [5, 5.41) is 9.02. The summed E-state index contributed by atoms with van der Waals surface area (Å²) in [7, 11) is 0. The summed E-state index contributed by atoms with van der Waals surface area (Å²) < 4.78 is 3.05. The highest BCUT2D eigenvalue weighted by molar-refractivity contribution is 9.10. The first-order valence-corrected chi connectivity index (χ1v) is 8.27. The van der Waals surface area contributed by atoms with Crippen LogP contribution >= 0.6 is 27.5 Å². The molecule has 2 heterocycles. The van der Waals surface area contributed by atoms with Crippen molar-refractivity contribution in [3.05, 3.63) is 63.6 Å². The summed E-state index contributed by atoms with van der Waals surface area (Å²) in [6, 6.07) is 16.0. The fraction of sp³-hybridized carbons (Fsp3) is 0.118. The Hall–Kier alpha value is -1.78. The van der Waals surface area contributed by atoms with Crippen molar-refractivity contribution in [1.82, 2.24) is 9.78 Å². The molecule has 0 atom stereocenters. The van der Waals surface area contributed by atoms with Crippen molar-refractivity contribution >= 4 is 33.3 Å². The van der Waals surface area contributed by atoms with E-state index < -0.39 is 0 Å². The Labute approximate surface area is 142 Å². The molecule has 0 fully saturated rings. The Morgan fingerprint density at radius 1 is 1.05 bits per heavy atom. The SMILES string of the molecule is Clc1ccc(-c2nn(-c3ccc(Br)cc3)c3c2CCN3)cc1. The number of nitrogens with one attached hydrogen (secondary N) is 1. The molecule has 1 aromatic heterocycles. The second-order valence-electron chi connectivity index (χ2n) is 5.25. The van der Waals surface area contributed by atoms with E-state index in [0.29, 0.717) is 0 Å². The molecule has 0 unspecified atom stereocenters. The van der Waals surface area contributed by atoms with Crippen LogP contribution in [0, 0.1) is 0 Å². The minimum Gasteiger partial charge on any atom is -0.369 e. The molecule has 3 nitrogen and oxygen atoms in total. The van der Waals surface area contributed by atoms with Gasteiger partial charge in [-0.3, -0.25) is 0 Å². The largest absolute Gasteiger partial charge is 0.369 e. The molecule has 22 heavy (non-hydrogen) atoms. The predicted molar refractivity (Wildman–Crippen MR) is 93.9 cm³/mol. The highest BCUT2D eigenvalue weighted by atomic mass is 79.9. The van der Waals surface area contributed by atoms with Crippen LogP contribution in [-0.4, -0.2) is 16.3 Å². The van der Waals surface area contributed by atoms with Gasteiger partial charge >= 0.3 is 0 Å². The number of hydrogen-bond donors (Lipinski definition) is 1. The maximum Gasteiger partial charge on any atom is 0.133 e. The third kappa shape index (κ3) is 2.32. The van der Waals surface area contributed by atoms with Gasteiger partial charge in [-0.25, -0.2) is 4.68 Å². The summed E-state index contributed by atoms with van der Waals surface area (Å²) in [6.45, 7) is 0.949. The van der Waals surface area contributed by atoms with Crippen molar-refractivity contribution in [3.63, 3.8) is 0 Å². The number of rotatable bonds is 2. The molecule has 5 heteroatoms. The van der Waals surface area contributed by atoms with Gasteiger partial charge in [0.05, 0.1) is 11.4 Å². The van der Waals surface area contributed by atoms with E-state index in [9.17, 15) is 0 Å². The summed E-state index contributed by atoms with van der Waals surface area (Å²) in [6.07, 6.45) is 0.990. The van der Waals surface area contributed by atoms with E-state index >= 15 is 0 Å². The quantitative estimate of drug-likeness (QED) is 0.690. The van der Waals surface area contributed by atoms with Crippen LogP contribution in [0.15, 0.2) is 53.0 Å². The highest BCUT2D eigenvalue weighted by Gasteiger charge is 2.23. The van der Waals surface area contributed by atoms with E-state index in [-0.39, 0.29) is 0 Å². The number of halogens is 2. The number of anilines is 1. The van der Waals surface area contributed by atoms with Crippen LogP contribution < -0.4 is 5.32 Å². The molecule has 0 aliphatic carbocycles. The van der Waals surface area contributed by atoms with Crippen LogP contribution in [0.3, 0.4) is 0 Å². The summed E-state index contributed by atoms with van der Waals surface area (Å²) >= 11 is 9.46. The third-order valence-electron chi connectivity index (χ3n) is 3.84. The van der Waals surface area contributed by atoms with Crippen molar-refractivity contribution < 1.29 is 0 Å². The number of fused-ring (bicyclic) bond motifs is 1. The Morgan fingerprint density at radius 2 is 1.77 bits per heavy atom. The minimum absolute atomic E-state index is 0.742. The molecule has 0 spiro atoms. The topological polar surface area (TPSA) is 29.9 Å². The molecule has 3 aromatic rings. The monoisotopic (exact) mass is 373 g/mol. The van der Waals surface area contributed by atoms with Gasteiger partial charge in [0.15, 0.2) is 0 Å². The number of hydrogen-bond acceptors (Lipinski definition) is 2. The molecule has 110 valence electrons. The molecule has 1 N–H and O–H groups in total. The second kappa shape index (κ2) is 5.45. The van der Waals surface area contributed by atoms with Gasteiger partial charge in [-0.15, -0.1) is 0 Å². The van der Waals surface area contributed by atoms with Gasteiger partial charge in [-0.2, -0.15) is 5.10 Å². The van der Waals surface area contributed by atoms with Gasteiger partial charge < -0.3 is 5.32 Å². The lowest BCUT2D eigenvalue weighted by molar-refractivity contribution is 0.882. The first-order chi connectivity index (χ1) is 10.7. The summed E-state index contributed by atoms with van der Waals surface area (Å²) in [5.74, 6) is 1.09. The first kappa shape index (κ1) is 13.9. The maximum atomic E-state index is 5.99. The van der Waals surface area contributed by atoms with E-state index in [2.05, 4.69) is 33.4 Å². The smallest absolute Gasteiger partial charge is 0.133 e. The summed E-state index contributed by atoms with van der Waals surface area (Å²) in [4.78, 5) is 0. The molecule has 0 saturated heterocycles. The van der Waals surface area contributed by atoms with Crippen LogP contribution in [0.4, 0.5) is 5.82 Å². The molecule has 1 aliphatic heterocycles. The fourth-order valence-electron chi connectivity index (χ4n) is 2.78. The molecule has 2 aromatic carbocycles. The normalized spacial score (nSPS) is 13.0. The van der Waals surface area contributed by atoms with Crippen molar-refractivity contribution in [2.24, 2.45) is 0 Å². The van der Waals surface area contributed by atoms with Crippen molar-refractivity contribution in [3.8, 4) is 16.9 Å². The average Bonchev–Trinajstić information content (AvgIpc) is 3.12. The van der Waals surface area contributed by atoms with Crippen LogP contribution in [-0.2, 0) is 6.42 Å². The third-order valence-corrected chi connectivity index (χ3v) is 4.62. The molecule has 0 bridgehead atoms. The number of nitrogens with zero attached hydrogens (tertiary/aromatic N) is 2. The standard InChI is InChI=1S/C17H13BrClN3/c18-12-3-7-14(8-4-12)22-17-15(9-10-20-17)16(21-22)11-1-5-13(19)6-2-11/h1-8,20H,9-10H2. The Morgan fingerprint density at radius 3 is 2.50 bits per heavy atom. The van der Waals surface area contributed by atoms with Gasteiger partial charge in [0, 0.05) is 27.2 Å². The van der Waals surface area contributed by atoms with Gasteiger partial charge in [-0.1, -0.05) is 39.7 Å². The summed E-state index contributed by atoms with van der Waals surface area (Å²) in [5.41, 5.74) is 4.44. The number of benzene rings is 2. The predicted octanol–water partition coefficient (Wildman–Crippen LogP) is 4.92. The van der Waals surface area contributed by atoms with Crippen LogP contribution in [0.1, 0.15) is 5.56 Å². The number of aromatic nitrogens is 2. The van der Waals surface area contributed by atoms with Crippen molar-refractivity contribution in [1.29, 1.82) is 0 Å². The van der Waals surface area contributed by atoms with E-state index in [1.807, 2.05) is 41.1 Å². The lowest BCUT2D eigenvalue weighted by Gasteiger charge is -2.06. The fourth-order valence-corrected chi connectivity index (χ4v) is 3.17. The zero-order valence-corrected chi connectivity index (χ0v) is 14.0. The second-order valence-corrected chi connectivity index (χ2v) is 6.60. The lowest BCUT2D eigenvalue weighted by Crippen LogP contribution is -2.04. The molecule has 4 rings (SSSR count). The molecular weight excluding hydrogens is 362 g/mol. The van der Waals surface area contributed by atoms with E-state index in [4.69, 9.17) is 16.7 Å². The maximum absolute atomic E-state index is 5.99. The van der Waals surface area contributed by atoms with Crippen LogP contribution in [0.25, 0.3) is 16.9 Å². The van der Waals surface area contributed by atoms with Gasteiger partial charge in [0.2, 0.25) is 0 Å². The van der Waals surface area contributed by atoms with Gasteiger partial charge in [-0.05, 0) is 42.8 Å². The average molecular weight is 375 g/mol. The van der Waals surface area contributed by atoms with Crippen LogP contribution in [0.2, 0.25) is 5.02 Å². The van der Waals surface area contributed by atoms with Gasteiger partial charge in [0.1, 0.15) is 5.82 Å². The van der Waals surface area contributed by atoms with Crippen molar-refractivity contribution in [2.45, 2.75) is 6.42 Å². The molecule has 0 radical (unpaired) electrons. The van der Waals surface area contributed by atoms with E-state index in [1.165, 1.54) is 5.56 Å². The van der Waals surface area contributed by atoms with E-state index in [1.54, 1.807) is 0 Å². The molecule has 0 amide bonds. The van der Waals surface area contributed by atoms with Crippen molar-refractivity contribution in [2.75, 3.05) is 11.9 Å². The van der Waals surface area contributed by atoms with Gasteiger partial charge in [0.25, 0.3) is 0 Å². The highest BCUT2D eigenvalue weighted by Crippen LogP contribution is 2.35. The first-order valence-electron chi connectivity index (χ1n) is 7.10. The zero-order valence-electron chi connectivity index (χ0n) is 11.7. The van der Waals surface area contributed by atoms with Crippen LogP contribution in [0.5, 0.6) is 0 Å². The Bertz CT molecular complexity index is 754. The lowest BCUT2D eigenvalue weighted by atomic mass is 10.1. The molecule has 1 aliphatic rings. The molecule has 0 saturated carbocycles. The Kier molecular flexibility index (Phi) is 3.43. The van der Waals surface area contributed by atoms with E-state index in [0.717, 1.165) is 45.2 Å². The Balaban J connectivity index is 1.86.